The molecule has 0 saturated carbocycles. The molecule has 1 fully saturated rings. The quantitative estimate of drug-likeness (QED) is 0.766. The van der Waals surface area contributed by atoms with Gasteiger partial charge in [0.05, 0.1) is 5.25 Å². The van der Waals surface area contributed by atoms with Gasteiger partial charge in [0.25, 0.3) is 0 Å². The molecular formula is C19H30N4OS. The predicted molar refractivity (Wildman–Crippen MR) is 103 cm³/mol. The van der Waals surface area contributed by atoms with Crippen LogP contribution in [0.1, 0.15) is 63.8 Å². The fourth-order valence-electron chi connectivity index (χ4n) is 3.90. The Bertz CT molecular complexity index is 624. The summed E-state index contributed by atoms with van der Waals surface area (Å²) in [5.41, 5.74) is 1.17. The molecule has 138 valence electrons. The van der Waals surface area contributed by atoms with Crippen LogP contribution >= 0.6 is 11.8 Å². The van der Waals surface area contributed by atoms with Gasteiger partial charge >= 0.3 is 0 Å². The van der Waals surface area contributed by atoms with Crippen molar-refractivity contribution in [1.29, 1.82) is 0 Å². The number of anilines is 1. The van der Waals surface area contributed by atoms with Gasteiger partial charge in [0, 0.05) is 37.7 Å². The maximum atomic E-state index is 13.2. The Morgan fingerprint density at radius 2 is 1.80 bits per heavy atom. The minimum atomic E-state index is -0.0569. The van der Waals surface area contributed by atoms with Crippen molar-refractivity contribution in [1.82, 2.24) is 14.9 Å². The zero-order valence-electron chi connectivity index (χ0n) is 15.9. The molecule has 0 aromatic carbocycles. The third kappa shape index (κ3) is 3.64. The Morgan fingerprint density at radius 1 is 1.16 bits per heavy atom. The highest BCUT2D eigenvalue weighted by Gasteiger charge is 2.41. The summed E-state index contributed by atoms with van der Waals surface area (Å²) in [6.07, 6.45) is 4.75. The average Bonchev–Trinajstić information content (AvgIpc) is 2.79. The number of aromatic nitrogens is 2. The first-order chi connectivity index (χ1) is 12.1. The molecule has 0 bridgehead atoms. The Morgan fingerprint density at radius 3 is 2.40 bits per heavy atom. The average molecular weight is 363 g/mol. The van der Waals surface area contributed by atoms with Crippen LogP contribution in [0.3, 0.4) is 0 Å². The summed E-state index contributed by atoms with van der Waals surface area (Å²) in [5.74, 6) is 2.27. The maximum Gasteiger partial charge on any atom is 0.236 e. The summed E-state index contributed by atoms with van der Waals surface area (Å²) in [5, 5.41) is 0.952. The molecule has 6 heteroatoms. The van der Waals surface area contributed by atoms with Crippen LogP contribution < -0.4 is 4.90 Å². The third-order valence-corrected chi connectivity index (χ3v) is 6.77. The van der Waals surface area contributed by atoms with Gasteiger partial charge in [-0.2, -0.15) is 0 Å². The van der Waals surface area contributed by atoms with Crippen molar-refractivity contribution in [3.05, 3.63) is 11.4 Å². The maximum absolute atomic E-state index is 13.2. The van der Waals surface area contributed by atoms with E-state index >= 15 is 0 Å². The molecule has 1 aromatic heterocycles. The number of carbonyl (C=O) groups excluding carboxylic acids is 1. The number of hydrogen-bond acceptors (Lipinski definition) is 5. The lowest BCUT2D eigenvalue weighted by atomic mass is 9.98. The van der Waals surface area contributed by atoms with E-state index in [9.17, 15) is 4.79 Å². The van der Waals surface area contributed by atoms with Gasteiger partial charge in [-0.1, -0.05) is 31.5 Å². The van der Waals surface area contributed by atoms with Gasteiger partial charge in [-0.05, 0) is 33.6 Å². The van der Waals surface area contributed by atoms with E-state index in [4.69, 9.17) is 4.98 Å². The smallest absolute Gasteiger partial charge is 0.236 e. The number of nitrogens with zero attached hydrogens (tertiary/aromatic N) is 4. The molecule has 5 nitrogen and oxygen atoms in total. The minimum absolute atomic E-state index is 0.0569. The summed E-state index contributed by atoms with van der Waals surface area (Å²) in [4.78, 5) is 27.0. The number of likely N-dealkylation sites (tertiary alicyclic amines) is 1. The molecule has 0 spiro atoms. The predicted octanol–water partition coefficient (Wildman–Crippen LogP) is 3.61. The third-order valence-electron chi connectivity index (χ3n) is 5.37. The molecule has 2 aliphatic heterocycles. The molecule has 2 atom stereocenters. The van der Waals surface area contributed by atoms with Gasteiger partial charge in [0.1, 0.15) is 16.7 Å². The molecule has 1 saturated heterocycles. The fraction of sp³-hybridized carbons (Fsp3) is 0.737. The number of rotatable bonds is 4. The van der Waals surface area contributed by atoms with E-state index in [1.54, 1.807) is 11.8 Å². The van der Waals surface area contributed by atoms with Gasteiger partial charge in [-0.3, -0.25) is 4.79 Å². The van der Waals surface area contributed by atoms with E-state index in [1.165, 1.54) is 18.4 Å². The second-order valence-corrected chi connectivity index (χ2v) is 8.18. The van der Waals surface area contributed by atoms with Crippen LogP contribution in [-0.2, 0) is 4.79 Å². The first-order valence-corrected chi connectivity index (χ1v) is 10.5. The van der Waals surface area contributed by atoms with E-state index < -0.39 is 0 Å². The lowest BCUT2D eigenvalue weighted by Crippen LogP contribution is -2.39. The Labute approximate surface area is 155 Å². The van der Waals surface area contributed by atoms with E-state index in [-0.39, 0.29) is 11.2 Å². The molecule has 1 amide bonds. The summed E-state index contributed by atoms with van der Waals surface area (Å²) < 4.78 is 0. The number of aryl methyl sites for hydroxylation is 1. The van der Waals surface area contributed by atoms with Crippen molar-refractivity contribution >= 4 is 23.5 Å². The number of fused-ring (bicyclic) bond motifs is 1. The lowest BCUT2D eigenvalue weighted by molar-refractivity contribution is -0.130. The number of thioether (sulfide) groups is 1. The SMILES string of the molecule is CCN(CC)c1nc(C)nc2c1C(C)C(C(=O)N1CCCCCC1)S2. The van der Waals surface area contributed by atoms with Gasteiger partial charge in [0.15, 0.2) is 0 Å². The topological polar surface area (TPSA) is 49.3 Å². The van der Waals surface area contributed by atoms with Crippen LogP contribution in [0.25, 0.3) is 0 Å². The van der Waals surface area contributed by atoms with Crippen LogP contribution in [0.4, 0.5) is 5.82 Å². The van der Waals surface area contributed by atoms with Crippen molar-refractivity contribution in [2.24, 2.45) is 0 Å². The summed E-state index contributed by atoms with van der Waals surface area (Å²) in [6, 6.07) is 0. The van der Waals surface area contributed by atoms with E-state index in [2.05, 4.69) is 35.6 Å². The fourth-order valence-corrected chi connectivity index (χ4v) is 5.32. The molecule has 1 aromatic rings. The lowest BCUT2D eigenvalue weighted by Gasteiger charge is -2.27. The van der Waals surface area contributed by atoms with Gasteiger partial charge in [0.2, 0.25) is 5.91 Å². The Balaban J connectivity index is 1.88. The van der Waals surface area contributed by atoms with E-state index in [0.717, 1.165) is 55.7 Å². The van der Waals surface area contributed by atoms with Gasteiger partial charge in [-0.15, -0.1) is 0 Å². The summed E-state index contributed by atoms with van der Waals surface area (Å²) in [7, 11) is 0. The molecule has 3 heterocycles. The number of hydrogen-bond donors (Lipinski definition) is 0. The van der Waals surface area contributed by atoms with Crippen LogP contribution in [0.5, 0.6) is 0 Å². The molecule has 25 heavy (non-hydrogen) atoms. The van der Waals surface area contributed by atoms with E-state index in [1.807, 2.05) is 6.92 Å². The van der Waals surface area contributed by atoms with Gasteiger partial charge < -0.3 is 9.80 Å². The second-order valence-electron chi connectivity index (χ2n) is 7.05. The van der Waals surface area contributed by atoms with Gasteiger partial charge in [-0.25, -0.2) is 9.97 Å². The zero-order valence-corrected chi connectivity index (χ0v) is 16.7. The molecular weight excluding hydrogens is 332 g/mol. The molecule has 3 rings (SSSR count). The monoisotopic (exact) mass is 362 g/mol. The normalized spacial score (nSPS) is 23.3. The highest BCUT2D eigenvalue weighted by atomic mass is 32.2. The standard InChI is InChI=1S/C19H30N4OS/c1-5-22(6-2)17-15-13(3)16(25-18(15)21-14(4)20-17)19(24)23-11-9-7-8-10-12-23/h13,16H,5-12H2,1-4H3. The first kappa shape index (κ1) is 18.5. The Kier molecular flexibility index (Phi) is 5.87. The first-order valence-electron chi connectivity index (χ1n) is 9.65. The van der Waals surface area contributed by atoms with Crippen molar-refractivity contribution in [3.63, 3.8) is 0 Å². The van der Waals surface area contributed by atoms with E-state index in [0.29, 0.717) is 5.91 Å². The highest BCUT2D eigenvalue weighted by molar-refractivity contribution is 8.01. The van der Waals surface area contributed by atoms with Crippen molar-refractivity contribution in [3.8, 4) is 0 Å². The van der Waals surface area contributed by atoms with Crippen LogP contribution in [0, 0.1) is 6.92 Å². The van der Waals surface area contributed by atoms with Crippen LogP contribution in [0.15, 0.2) is 5.03 Å². The molecule has 0 N–H and O–H groups in total. The van der Waals surface area contributed by atoms with Crippen molar-refractivity contribution in [2.75, 3.05) is 31.1 Å². The summed E-state index contributed by atoms with van der Waals surface area (Å²) in [6.45, 7) is 12.1. The summed E-state index contributed by atoms with van der Waals surface area (Å²) >= 11 is 1.65. The number of carbonyl (C=O) groups is 1. The molecule has 2 unspecified atom stereocenters. The largest absolute Gasteiger partial charge is 0.357 e. The van der Waals surface area contributed by atoms with Crippen molar-refractivity contribution in [2.45, 2.75) is 69.6 Å². The minimum Gasteiger partial charge on any atom is -0.357 e. The van der Waals surface area contributed by atoms with Crippen LogP contribution in [-0.4, -0.2) is 52.2 Å². The Hall–Kier alpha value is -1.30. The number of amides is 1. The zero-order chi connectivity index (χ0) is 18.0. The molecule has 2 aliphatic rings. The second kappa shape index (κ2) is 7.94. The van der Waals surface area contributed by atoms with Crippen molar-refractivity contribution < 1.29 is 4.79 Å². The molecule has 0 aliphatic carbocycles. The van der Waals surface area contributed by atoms with Crippen LogP contribution in [0.2, 0.25) is 0 Å². The highest BCUT2D eigenvalue weighted by Crippen LogP contribution is 2.48. The molecule has 0 radical (unpaired) electrons.